The number of nitrogens with one attached hydrogen (secondary N) is 1. The first-order valence-corrected chi connectivity index (χ1v) is 6.18. The van der Waals surface area contributed by atoms with E-state index in [4.69, 9.17) is 14.7 Å². The second-order valence-corrected chi connectivity index (χ2v) is 4.06. The van der Waals surface area contributed by atoms with Crippen LogP contribution >= 0.6 is 0 Å². The normalized spacial score (nSPS) is 9.57. The van der Waals surface area contributed by atoms with Gasteiger partial charge in [0.25, 0.3) is 5.91 Å². The molecule has 0 atom stereocenters. The van der Waals surface area contributed by atoms with E-state index in [2.05, 4.69) is 5.32 Å². The fourth-order valence-electron chi connectivity index (χ4n) is 1.49. The monoisotopic (exact) mass is 294 g/mol. The second kappa shape index (κ2) is 8.53. The van der Waals surface area contributed by atoms with Crippen molar-refractivity contribution in [1.82, 2.24) is 5.32 Å². The van der Waals surface area contributed by atoms with Gasteiger partial charge in [-0.1, -0.05) is 6.07 Å². The van der Waals surface area contributed by atoms with Gasteiger partial charge in [-0.2, -0.15) is 5.26 Å². The number of ether oxygens (including phenoxy) is 2. The Kier molecular flexibility index (Phi) is 6.68. The van der Waals surface area contributed by atoms with E-state index in [1.54, 1.807) is 0 Å². The Hall–Kier alpha value is -2.62. The lowest BCUT2D eigenvalue weighted by atomic mass is 10.1. The third-order valence-electron chi connectivity index (χ3n) is 2.49. The summed E-state index contributed by atoms with van der Waals surface area (Å²) in [6, 6.07) is 5.99. The molecule has 6 nitrogen and oxygen atoms in total. The fourth-order valence-corrected chi connectivity index (χ4v) is 1.49. The zero-order chi connectivity index (χ0) is 15.7. The van der Waals surface area contributed by atoms with Crippen LogP contribution in [-0.4, -0.2) is 32.1 Å². The molecule has 0 fully saturated rings. The Morgan fingerprint density at radius 2 is 2.19 bits per heavy atom. The van der Waals surface area contributed by atoms with Gasteiger partial charge in [-0.15, -0.1) is 0 Å². The first-order chi connectivity index (χ1) is 10.1. The molecule has 0 bridgehead atoms. The van der Waals surface area contributed by atoms with Crippen molar-refractivity contribution in [2.24, 2.45) is 0 Å². The molecule has 0 heterocycles. The molecule has 1 N–H and O–H groups in total. The molecule has 112 valence electrons. The van der Waals surface area contributed by atoms with E-state index in [9.17, 15) is 14.0 Å². The predicted octanol–water partition coefficient (Wildman–Crippen LogP) is 0.950. The SMILES string of the molecule is COc1ccc(CC(=O)OCC(=O)NCCC#N)cc1F. The third kappa shape index (κ3) is 5.91. The van der Waals surface area contributed by atoms with Crippen LogP contribution < -0.4 is 10.1 Å². The van der Waals surface area contributed by atoms with Gasteiger partial charge < -0.3 is 14.8 Å². The second-order valence-electron chi connectivity index (χ2n) is 4.06. The summed E-state index contributed by atoms with van der Waals surface area (Å²) in [6.07, 6.45) is 0.0389. The average molecular weight is 294 g/mol. The quantitative estimate of drug-likeness (QED) is 0.597. The molecule has 0 unspecified atom stereocenters. The Balaban J connectivity index is 2.38. The van der Waals surface area contributed by atoms with Gasteiger partial charge in [0.1, 0.15) is 0 Å². The minimum absolute atomic E-state index is 0.0870. The van der Waals surface area contributed by atoms with Gasteiger partial charge >= 0.3 is 5.97 Å². The van der Waals surface area contributed by atoms with Crippen LogP contribution in [0.5, 0.6) is 5.75 Å². The number of rotatable bonds is 7. The van der Waals surface area contributed by atoms with Crippen molar-refractivity contribution in [2.45, 2.75) is 12.8 Å². The average Bonchev–Trinajstić information content (AvgIpc) is 2.46. The molecule has 0 saturated carbocycles. The van der Waals surface area contributed by atoms with Crippen molar-refractivity contribution in [1.29, 1.82) is 5.26 Å². The van der Waals surface area contributed by atoms with E-state index in [-0.39, 0.29) is 25.1 Å². The number of benzene rings is 1. The van der Waals surface area contributed by atoms with E-state index in [0.717, 1.165) is 0 Å². The lowest BCUT2D eigenvalue weighted by molar-refractivity contribution is -0.147. The molecule has 0 aliphatic carbocycles. The van der Waals surface area contributed by atoms with E-state index in [1.165, 1.54) is 25.3 Å². The Morgan fingerprint density at radius 1 is 1.43 bits per heavy atom. The largest absolute Gasteiger partial charge is 0.494 e. The number of carbonyl (C=O) groups is 2. The first kappa shape index (κ1) is 16.4. The highest BCUT2D eigenvalue weighted by Crippen LogP contribution is 2.18. The van der Waals surface area contributed by atoms with Crippen molar-refractivity contribution in [2.75, 3.05) is 20.3 Å². The van der Waals surface area contributed by atoms with Crippen LogP contribution in [0.25, 0.3) is 0 Å². The molecule has 1 amide bonds. The molecule has 1 aromatic carbocycles. The molecule has 0 aromatic heterocycles. The van der Waals surface area contributed by atoms with Crippen LogP contribution in [0.4, 0.5) is 4.39 Å². The Labute approximate surface area is 121 Å². The summed E-state index contributed by atoms with van der Waals surface area (Å²) in [7, 11) is 1.34. The number of carbonyl (C=O) groups excluding carboxylic acids is 2. The zero-order valence-corrected chi connectivity index (χ0v) is 11.5. The molecule has 0 aliphatic rings. The van der Waals surface area contributed by atoms with Crippen molar-refractivity contribution >= 4 is 11.9 Å². The summed E-state index contributed by atoms with van der Waals surface area (Å²) in [5, 5.41) is 10.7. The highest BCUT2D eigenvalue weighted by atomic mass is 19.1. The molecule has 0 spiro atoms. The smallest absolute Gasteiger partial charge is 0.310 e. The number of hydrogen-bond donors (Lipinski definition) is 1. The van der Waals surface area contributed by atoms with Gasteiger partial charge in [0.15, 0.2) is 18.2 Å². The molecule has 0 saturated heterocycles. The van der Waals surface area contributed by atoms with E-state index in [0.29, 0.717) is 5.56 Å². The van der Waals surface area contributed by atoms with Crippen molar-refractivity contribution in [3.05, 3.63) is 29.6 Å². The molecule has 0 radical (unpaired) electrons. The van der Waals surface area contributed by atoms with Crippen molar-refractivity contribution in [3.63, 3.8) is 0 Å². The van der Waals surface area contributed by atoms with Gasteiger partial charge in [-0.05, 0) is 17.7 Å². The van der Waals surface area contributed by atoms with Gasteiger partial charge in [-0.25, -0.2) is 4.39 Å². The number of nitrogens with zero attached hydrogens (tertiary/aromatic N) is 1. The first-order valence-electron chi connectivity index (χ1n) is 6.18. The minimum Gasteiger partial charge on any atom is -0.494 e. The van der Waals surface area contributed by atoms with E-state index >= 15 is 0 Å². The summed E-state index contributed by atoms with van der Waals surface area (Å²) >= 11 is 0. The molecule has 21 heavy (non-hydrogen) atoms. The summed E-state index contributed by atoms with van der Waals surface area (Å²) in [5.74, 6) is -1.62. The minimum atomic E-state index is -0.644. The van der Waals surface area contributed by atoms with Crippen molar-refractivity contribution in [3.8, 4) is 11.8 Å². The van der Waals surface area contributed by atoms with Crippen LogP contribution in [0, 0.1) is 17.1 Å². The van der Waals surface area contributed by atoms with Crippen LogP contribution in [0.2, 0.25) is 0 Å². The number of hydrogen-bond acceptors (Lipinski definition) is 5. The molecule has 1 aromatic rings. The summed E-state index contributed by atoms with van der Waals surface area (Å²) in [6.45, 7) is -0.223. The topological polar surface area (TPSA) is 88.4 Å². The summed E-state index contributed by atoms with van der Waals surface area (Å²) in [5.41, 5.74) is 0.420. The van der Waals surface area contributed by atoms with Gasteiger partial charge in [0.05, 0.1) is 26.0 Å². The molecule has 0 aliphatic heterocycles. The Morgan fingerprint density at radius 3 is 2.81 bits per heavy atom. The number of nitriles is 1. The maximum atomic E-state index is 13.4. The molecule has 7 heteroatoms. The lowest BCUT2D eigenvalue weighted by Crippen LogP contribution is -2.29. The third-order valence-corrected chi connectivity index (χ3v) is 2.49. The fraction of sp³-hybridized carbons (Fsp3) is 0.357. The molecular weight excluding hydrogens is 279 g/mol. The number of methoxy groups -OCH3 is 1. The predicted molar refractivity (Wildman–Crippen MR) is 70.9 cm³/mol. The molecule has 1 rings (SSSR count). The maximum Gasteiger partial charge on any atom is 0.310 e. The van der Waals surface area contributed by atoms with E-state index < -0.39 is 24.3 Å². The standard InChI is InChI=1S/C14H15FN2O4/c1-20-12-4-3-10(7-11(12)15)8-14(19)21-9-13(18)17-6-2-5-16/h3-4,7H,2,6,8-9H2,1H3,(H,17,18). The maximum absolute atomic E-state index is 13.4. The van der Waals surface area contributed by atoms with Crippen LogP contribution in [0.3, 0.4) is 0 Å². The number of amides is 1. The zero-order valence-electron chi connectivity index (χ0n) is 11.5. The van der Waals surface area contributed by atoms with Crippen LogP contribution in [0.15, 0.2) is 18.2 Å². The van der Waals surface area contributed by atoms with Gasteiger partial charge in [-0.3, -0.25) is 9.59 Å². The number of esters is 1. The van der Waals surface area contributed by atoms with Crippen LogP contribution in [-0.2, 0) is 20.7 Å². The summed E-state index contributed by atoms with van der Waals surface area (Å²) < 4.78 is 22.9. The highest BCUT2D eigenvalue weighted by Gasteiger charge is 2.10. The van der Waals surface area contributed by atoms with Crippen molar-refractivity contribution < 1.29 is 23.5 Å². The van der Waals surface area contributed by atoms with Gasteiger partial charge in [0, 0.05) is 6.54 Å². The Bertz CT molecular complexity index is 554. The number of halogens is 1. The van der Waals surface area contributed by atoms with Crippen LogP contribution in [0.1, 0.15) is 12.0 Å². The van der Waals surface area contributed by atoms with Gasteiger partial charge in [0.2, 0.25) is 0 Å². The molecular formula is C14H15FN2O4. The highest BCUT2D eigenvalue weighted by molar-refractivity contribution is 5.81. The summed E-state index contributed by atoms with van der Waals surface area (Å²) in [4.78, 5) is 22.7. The lowest BCUT2D eigenvalue weighted by Gasteiger charge is -2.06. The van der Waals surface area contributed by atoms with E-state index in [1.807, 2.05) is 6.07 Å².